The number of rotatable bonds is 5. The van der Waals surface area contributed by atoms with Gasteiger partial charge in [-0.3, -0.25) is 4.79 Å². The normalized spacial score (nSPS) is 10.2. The van der Waals surface area contributed by atoms with Gasteiger partial charge < -0.3 is 15.4 Å². The number of amides is 1. The molecular weight excluding hydrogens is 356 g/mol. The molecule has 0 fully saturated rings. The molecule has 0 saturated heterocycles. The van der Waals surface area contributed by atoms with Crippen LogP contribution in [0.4, 0.5) is 17.2 Å². The number of anilines is 3. The second kappa shape index (κ2) is 8.30. The van der Waals surface area contributed by atoms with Gasteiger partial charge in [-0.1, -0.05) is 18.2 Å². The molecule has 0 bridgehead atoms. The molecule has 0 atom stereocenters. The Morgan fingerprint density at radius 2 is 1.79 bits per heavy atom. The standard InChI is InChI=1S/C21H20N4O3/c1-13-7-8-14(2)18(11-13)23-19-10-9-17(24-25-19)20(26)22-16-6-4-5-15(12-16)21(27)28-3/h4-12H,1-3H3,(H,22,26)(H,23,25). The molecule has 0 aliphatic rings. The number of esters is 1. The SMILES string of the molecule is COC(=O)c1cccc(NC(=O)c2ccc(Nc3cc(C)ccc3C)nn2)c1. The van der Waals surface area contributed by atoms with Gasteiger partial charge in [-0.25, -0.2) is 4.79 Å². The third-order valence-electron chi connectivity index (χ3n) is 4.09. The summed E-state index contributed by atoms with van der Waals surface area (Å²) in [7, 11) is 1.30. The predicted octanol–water partition coefficient (Wildman–Crippen LogP) is 3.88. The van der Waals surface area contributed by atoms with Crippen molar-refractivity contribution in [1.29, 1.82) is 0 Å². The molecule has 0 aliphatic heterocycles. The second-order valence-electron chi connectivity index (χ2n) is 6.27. The number of nitrogens with zero attached hydrogens (tertiary/aromatic N) is 2. The maximum atomic E-state index is 12.4. The molecule has 0 saturated carbocycles. The molecule has 142 valence electrons. The van der Waals surface area contributed by atoms with E-state index in [1.807, 2.05) is 32.0 Å². The first kappa shape index (κ1) is 19.0. The largest absolute Gasteiger partial charge is 0.465 e. The zero-order valence-corrected chi connectivity index (χ0v) is 15.8. The molecule has 2 N–H and O–H groups in total. The Balaban J connectivity index is 1.70. The van der Waals surface area contributed by atoms with E-state index in [0.717, 1.165) is 16.8 Å². The van der Waals surface area contributed by atoms with Crippen molar-refractivity contribution in [1.82, 2.24) is 10.2 Å². The zero-order chi connectivity index (χ0) is 20.1. The van der Waals surface area contributed by atoms with Crippen molar-refractivity contribution in [2.45, 2.75) is 13.8 Å². The lowest BCUT2D eigenvalue weighted by Crippen LogP contribution is -2.15. The van der Waals surface area contributed by atoms with Crippen molar-refractivity contribution in [3.63, 3.8) is 0 Å². The van der Waals surface area contributed by atoms with Crippen LogP contribution in [-0.2, 0) is 4.74 Å². The van der Waals surface area contributed by atoms with Gasteiger partial charge in [0.25, 0.3) is 5.91 Å². The Bertz CT molecular complexity index is 1020. The first-order valence-corrected chi connectivity index (χ1v) is 8.64. The quantitative estimate of drug-likeness (QED) is 0.657. The van der Waals surface area contributed by atoms with E-state index >= 15 is 0 Å². The minimum Gasteiger partial charge on any atom is -0.465 e. The lowest BCUT2D eigenvalue weighted by molar-refractivity contribution is 0.0600. The average Bonchev–Trinajstić information content (AvgIpc) is 2.71. The molecule has 2 aromatic carbocycles. The number of carbonyl (C=O) groups is 2. The second-order valence-corrected chi connectivity index (χ2v) is 6.27. The summed E-state index contributed by atoms with van der Waals surface area (Å²) in [6.07, 6.45) is 0. The van der Waals surface area contributed by atoms with Gasteiger partial charge in [-0.05, 0) is 61.4 Å². The number of carbonyl (C=O) groups excluding carboxylic acids is 2. The van der Waals surface area contributed by atoms with Crippen LogP contribution in [0.1, 0.15) is 32.0 Å². The van der Waals surface area contributed by atoms with E-state index in [9.17, 15) is 9.59 Å². The molecule has 3 rings (SSSR count). The number of ether oxygens (including phenoxy) is 1. The van der Waals surface area contributed by atoms with E-state index in [-0.39, 0.29) is 5.69 Å². The van der Waals surface area contributed by atoms with Gasteiger partial charge in [-0.2, -0.15) is 0 Å². The fraction of sp³-hybridized carbons (Fsp3) is 0.143. The number of aryl methyl sites for hydroxylation is 2. The Morgan fingerprint density at radius 1 is 0.964 bits per heavy atom. The summed E-state index contributed by atoms with van der Waals surface area (Å²) >= 11 is 0. The maximum Gasteiger partial charge on any atom is 0.337 e. The molecule has 1 amide bonds. The highest BCUT2D eigenvalue weighted by molar-refractivity contribution is 6.03. The van der Waals surface area contributed by atoms with E-state index in [1.165, 1.54) is 13.2 Å². The number of hydrogen-bond acceptors (Lipinski definition) is 6. The first-order chi connectivity index (χ1) is 13.5. The van der Waals surface area contributed by atoms with Crippen LogP contribution in [0.15, 0.2) is 54.6 Å². The van der Waals surface area contributed by atoms with Crippen molar-refractivity contribution in [3.8, 4) is 0 Å². The van der Waals surface area contributed by atoms with E-state index in [4.69, 9.17) is 0 Å². The molecule has 0 aliphatic carbocycles. The smallest absolute Gasteiger partial charge is 0.337 e. The topological polar surface area (TPSA) is 93.2 Å². The van der Waals surface area contributed by atoms with Crippen LogP contribution in [0, 0.1) is 13.8 Å². The molecule has 1 heterocycles. The summed E-state index contributed by atoms with van der Waals surface area (Å²) in [6, 6.07) is 15.8. The number of benzene rings is 2. The van der Waals surface area contributed by atoms with Gasteiger partial charge in [0.05, 0.1) is 12.7 Å². The van der Waals surface area contributed by atoms with Crippen LogP contribution in [0.5, 0.6) is 0 Å². The number of hydrogen-bond donors (Lipinski definition) is 2. The highest BCUT2D eigenvalue weighted by atomic mass is 16.5. The third kappa shape index (κ3) is 4.50. The van der Waals surface area contributed by atoms with Crippen molar-refractivity contribution >= 4 is 29.1 Å². The van der Waals surface area contributed by atoms with Crippen LogP contribution in [0.25, 0.3) is 0 Å². The lowest BCUT2D eigenvalue weighted by atomic mass is 10.1. The summed E-state index contributed by atoms with van der Waals surface area (Å²) in [5.41, 5.74) is 4.12. The minimum absolute atomic E-state index is 0.162. The van der Waals surface area contributed by atoms with Crippen LogP contribution < -0.4 is 10.6 Å². The summed E-state index contributed by atoms with van der Waals surface area (Å²) in [5, 5.41) is 13.9. The van der Waals surface area contributed by atoms with Crippen LogP contribution in [-0.4, -0.2) is 29.2 Å². The highest BCUT2D eigenvalue weighted by Crippen LogP contribution is 2.20. The third-order valence-corrected chi connectivity index (χ3v) is 4.09. The van der Waals surface area contributed by atoms with Crippen LogP contribution >= 0.6 is 0 Å². The van der Waals surface area contributed by atoms with Crippen molar-refractivity contribution in [2.24, 2.45) is 0 Å². The van der Waals surface area contributed by atoms with Gasteiger partial charge in [0.1, 0.15) is 0 Å². The number of nitrogens with one attached hydrogen (secondary N) is 2. The average molecular weight is 376 g/mol. The molecule has 0 spiro atoms. The van der Waals surface area contributed by atoms with Crippen molar-refractivity contribution in [2.75, 3.05) is 17.7 Å². The van der Waals surface area contributed by atoms with E-state index in [1.54, 1.807) is 30.3 Å². The maximum absolute atomic E-state index is 12.4. The molecule has 1 aromatic heterocycles. The molecule has 7 heteroatoms. The van der Waals surface area contributed by atoms with Crippen LogP contribution in [0.3, 0.4) is 0 Å². The summed E-state index contributed by atoms with van der Waals surface area (Å²) in [4.78, 5) is 24.0. The van der Waals surface area contributed by atoms with Gasteiger partial charge >= 0.3 is 5.97 Å². The van der Waals surface area contributed by atoms with Crippen LogP contribution in [0.2, 0.25) is 0 Å². The molecule has 0 radical (unpaired) electrons. The molecular formula is C21H20N4O3. The van der Waals surface area contributed by atoms with Gasteiger partial charge in [0, 0.05) is 11.4 Å². The fourth-order valence-corrected chi connectivity index (χ4v) is 2.57. The summed E-state index contributed by atoms with van der Waals surface area (Å²) < 4.78 is 4.68. The lowest BCUT2D eigenvalue weighted by Gasteiger charge is -2.10. The van der Waals surface area contributed by atoms with Gasteiger partial charge in [0.2, 0.25) is 0 Å². The van der Waals surface area contributed by atoms with Crippen molar-refractivity contribution in [3.05, 3.63) is 77.0 Å². The molecule has 0 unspecified atom stereocenters. The Labute approximate surface area is 162 Å². The van der Waals surface area contributed by atoms with Crippen molar-refractivity contribution < 1.29 is 14.3 Å². The number of aromatic nitrogens is 2. The van der Waals surface area contributed by atoms with E-state index in [2.05, 4.69) is 25.6 Å². The first-order valence-electron chi connectivity index (χ1n) is 8.64. The summed E-state index contributed by atoms with van der Waals surface area (Å²) in [6.45, 7) is 4.01. The monoisotopic (exact) mass is 376 g/mol. The molecule has 7 nitrogen and oxygen atoms in total. The Hall–Kier alpha value is -3.74. The number of methoxy groups -OCH3 is 1. The Kier molecular flexibility index (Phi) is 5.64. The van der Waals surface area contributed by atoms with Gasteiger partial charge in [0.15, 0.2) is 11.5 Å². The van der Waals surface area contributed by atoms with Gasteiger partial charge in [-0.15, -0.1) is 10.2 Å². The van der Waals surface area contributed by atoms with E-state index in [0.29, 0.717) is 17.1 Å². The Morgan fingerprint density at radius 3 is 2.50 bits per heavy atom. The molecule has 3 aromatic rings. The highest BCUT2D eigenvalue weighted by Gasteiger charge is 2.11. The minimum atomic E-state index is -0.474. The summed E-state index contributed by atoms with van der Waals surface area (Å²) in [5.74, 6) is -0.358. The zero-order valence-electron chi connectivity index (χ0n) is 15.8. The molecule has 28 heavy (non-hydrogen) atoms. The van der Waals surface area contributed by atoms with E-state index < -0.39 is 11.9 Å². The predicted molar refractivity (Wildman–Crippen MR) is 107 cm³/mol. The fourth-order valence-electron chi connectivity index (χ4n) is 2.57.